The Morgan fingerprint density at radius 1 is 0.902 bits per heavy atom. The highest BCUT2D eigenvalue weighted by Crippen LogP contribution is 2.46. The third-order valence-corrected chi connectivity index (χ3v) is 14.7. The summed E-state index contributed by atoms with van der Waals surface area (Å²) in [6.45, 7) is 11.4. The molecule has 1 aromatic heterocycles. The van der Waals surface area contributed by atoms with Gasteiger partial charge in [-0.05, 0) is 85.4 Å². The molecule has 5 heterocycles. The van der Waals surface area contributed by atoms with Gasteiger partial charge in [0.05, 0.1) is 28.3 Å². The number of hydrogen-bond donors (Lipinski definition) is 2. The lowest BCUT2D eigenvalue weighted by molar-refractivity contribution is -0.136. The normalized spacial score (nSPS) is 20.5. The lowest BCUT2D eigenvalue weighted by atomic mass is 9.70. The van der Waals surface area contributed by atoms with Crippen molar-refractivity contribution in [2.75, 3.05) is 49.9 Å². The zero-order chi connectivity index (χ0) is 42.7. The van der Waals surface area contributed by atoms with Crippen molar-refractivity contribution in [3.8, 4) is 6.07 Å². The van der Waals surface area contributed by atoms with Crippen LogP contribution in [0.3, 0.4) is 0 Å². The Kier molecular flexibility index (Phi) is 10.6. The fourth-order valence-corrected chi connectivity index (χ4v) is 11.2. The molecule has 5 aliphatic rings. The fourth-order valence-electron chi connectivity index (χ4n) is 10.1. The lowest BCUT2D eigenvalue weighted by Crippen LogP contribution is -2.54. The van der Waals surface area contributed by atoms with Gasteiger partial charge in [-0.25, -0.2) is 0 Å². The molecule has 314 valence electrons. The molecule has 0 bridgehead atoms. The Bertz CT molecular complexity index is 2570. The van der Waals surface area contributed by atoms with Crippen molar-refractivity contribution in [2.45, 2.75) is 88.1 Å². The fraction of sp³-hybridized carbons (Fsp3) is 0.426. The van der Waals surface area contributed by atoms with Crippen molar-refractivity contribution in [2.24, 2.45) is 0 Å². The SMILES string of the molecule is CCc1cc2c(cc1N1CCC(N3CCN(C(=O)CCCSc4cccc5c4C(=O)N(C4CCC(=O)NC4=O)C5=O)CC3)CC1)C(C)(C)c1[nH]c3cc(C#N)ccc3c1C2=O. The number of aromatic nitrogens is 1. The van der Waals surface area contributed by atoms with E-state index in [1.165, 1.54) is 23.0 Å². The number of rotatable bonds is 9. The van der Waals surface area contributed by atoms with Crippen molar-refractivity contribution in [3.05, 3.63) is 93.2 Å². The third kappa shape index (κ3) is 7.01. The van der Waals surface area contributed by atoms with Crippen LogP contribution in [0.2, 0.25) is 0 Å². The van der Waals surface area contributed by atoms with E-state index in [9.17, 15) is 34.0 Å². The summed E-state index contributed by atoms with van der Waals surface area (Å²) >= 11 is 1.43. The van der Waals surface area contributed by atoms with E-state index >= 15 is 0 Å². The smallest absolute Gasteiger partial charge is 0.263 e. The van der Waals surface area contributed by atoms with Crippen LogP contribution in [0.1, 0.15) is 118 Å². The molecule has 3 aromatic carbocycles. The lowest BCUT2D eigenvalue weighted by Gasteiger charge is -2.44. The first-order chi connectivity index (χ1) is 29.4. The van der Waals surface area contributed by atoms with Gasteiger partial charge in [0, 0.05) is 96.3 Å². The summed E-state index contributed by atoms with van der Waals surface area (Å²) in [5.74, 6) is -1.35. The minimum absolute atomic E-state index is 0.0323. The van der Waals surface area contributed by atoms with E-state index in [2.05, 4.69) is 59.1 Å². The third-order valence-electron chi connectivity index (χ3n) is 13.5. The first kappa shape index (κ1) is 40.6. The van der Waals surface area contributed by atoms with Crippen LogP contribution in [0.15, 0.2) is 53.4 Å². The molecule has 13 nitrogen and oxygen atoms in total. The van der Waals surface area contributed by atoms with E-state index < -0.39 is 35.1 Å². The highest BCUT2D eigenvalue weighted by Gasteiger charge is 2.46. The number of carbonyl (C=O) groups excluding carboxylic acids is 6. The number of amides is 5. The standard InChI is InChI=1S/C47H49N7O6S/c1-4-28-24-32-33(47(2,3)43-41(42(32)57)30-11-10-27(26-48)23-34(30)49-43)25-36(28)52-16-14-29(15-17-52)51-18-20-53(21-19-51)39(56)9-6-22-61-37-8-5-7-31-40(37)46(60)54(45(31)59)35-12-13-38(55)50-44(35)58/h5,7-8,10-11,23-25,29,35,49H,4,6,9,12-22H2,1-3H3,(H,50,55,58). The second-order valence-electron chi connectivity index (χ2n) is 17.3. The summed E-state index contributed by atoms with van der Waals surface area (Å²) in [6, 6.07) is 16.6. The highest BCUT2D eigenvalue weighted by molar-refractivity contribution is 7.99. The van der Waals surface area contributed by atoms with Crippen LogP contribution < -0.4 is 10.2 Å². The molecule has 3 fully saturated rings. The van der Waals surface area contributed by atoms with Crippen molar-refractivity contribution in [3.63, 3.8) is 0 Å². The van der Waals surface area contributed by atoms with Gasteiger partial charge in [0.2, 0.25) is 17.7 Å². The Labute approximate surface area is 358 Å². The summed E-state index contributed by atoms with van der Waals surface area (Å²) in [5.41, 5.74) is 7.24. The second-order valence-corrected chi connectivity index (χ2v) is 18.4. The Morgan fingerprint density at radius 3 is 2.39 bits per heavy atom. The summed E-state index contributed by atoms with van der Waals surface area (Å²) < 4.78 is 0. The number of piperazine rings is 1. The van der Waals surface area contributed by atoms with Crippen LogP contribution in [-0.4, -0.2) is 112 Å². The van der Waals surface area contributed by atoms with Crippen LogP contribution in [-0.2, 0) is 26.2 Å². The van der Waals surface area contributed by atoms with Gasteiger partial charge in [-0.15, -0.1) is 11.8 Å². The van der Waals surface area contributed by atoms with Crippen molar-refractivity contribution < 1.29 is 28.8 Å². The van der Waals surface area contributed by atoms with Gasteiger partial charge in [-0.1, -0.05) is 32.9 Å². The van der Waals surface area contributed by atoms with Crippen LogP contribution in [0.5, 0.6) is 0 Å². The van der Waals surface area contributed by atoms with Crippen molar-refractivity contribution in [1.82, 2.24) is 25.0 Å². The number of H-pyrrole nitrogens is 1. The Hall–Kier alpha value is -5.78. The second kappa shape index (κ2) is 15.9. The van der Waals surface area contributed by atoms with Gasteiger partial charge in [0.1, 0.15) is 6.04 Å². The number of hydrogen-bond acceptors (Lipinski definition) is 10. The number of carbonyl (C=O) groups is 6. The van der Waals surface area contributed by atoms with Gasteiger partial charge in [0.25, 0.3) is 11.8 Å². The summed E-state index contributed by atoms with van der Waals surface area (Å²) in [5, 5.41) is 12.6. The number of thioether (sulfide) groups is 1. The number of aromatic amines is 1. The summed E-state index contributed by atoms with van der Waals surface area (Å²) in [7, 11) is 0. The number of piperidine rings is 2. The molecule has 1 atom stereocenters. The number of ketones is 1. The van der Waals surface area contributed by atoms with Crippen LogP contribution in [0.25, 0.3) is 10.9 Å². The monoisotopic (exact) mass is 839 g/mol. The predicted molar refractivity (Wildman–Crippen MR) is 231 cm³/mol. The largest absolute Gasteiger partial charge is 0.371 e. The zero-order valence-electron chi connectivity index (χ0n) is 34.8. The van der Waals surface area contributed by atoms with E-state index in [0.717, 1.165) is 78.1 Å². The molecule has 1 unspecified atom stereocenters. The van der Waals surface area contributed by atoms with Crippen molar-refractivity contribution >= 4 is 63.7 Å². The van der Waals surface area contributed by atoms with Crippen LogP contribution in [0, 0.1) is 11.3 Å². The molecule has 0 spiro atoms. The quantitative estimate of drug-likeness (QED) is 0.124. The molecule has 0 radical (unpaired) electrons. The number of anilines is 1. The number of nitriles is 1. The van der Waals surface area contributed by atoms with Crippen LogP contribution in [0.4, 0.5) is 5.69 Å². The molecular weight excluding hydrogens is 791 g/mol. The van der Waals surface area contributed by atoms with Gasteiger partial charge in [-0.3, -0.25) is 43.9 Å². The summed E-state index contributed by atoms with van der Waals surface area (Å²) in [6.07, 6.45) is 4.03. The van der Waals surface area contributed by atoms with E-state index in [1.807, 2.05) is 17.0 Å². The van der Waals surface area contributed by atoms with Gasteiger partial charge in [0.15, 0.2) is 5.78 Å². The topological polar surface area (TPSA) is 167 Å². The average Bonchev–Trinajstić information content (AvgIpc) is 3.79. The summed E-state index contributed by atoms with van der Waals surface area (Å²) in [4.78, 5) is 90.3. The number of benzene rings is 3. The number of fused-ring (bicyclic) bond motifs is 5. The number of aryl methyl sites for hydroxylation is 1. The van der Waals surface area contributed by atoms with Gasteiger partial charge >= 0.3 is 0 Å². The molecule has 3 saturated heterocycles. The Morgan fingerprint density at radius 2 is 1.67 bits per heavy atom. The number of nitrogens with one attached hydrogen (secondary N) is 2. The molecule has 4 aromatic rings. The zero-order valence-corrected chi connectivity index (χ0v) is 35.6. The molecule has 1 aliphatic carbocycles. The minimum Gasteiger partial charge on any atom is -0.371 e. The molecule has 2 N–H and O–H groups in total. The van der Waals surface area contributed by atoms with Gasteiger partial charge < -0.3 is 14.8 Å². The molecule has 0 saturated carbocycles. The maximum atomic E-state index is 14.1. The Balaban J connectivity index is 0.771. The van der Waals surface area contributed by atoms with E-state index in [4.69, 9.17) is 0 Å². The van der Waals surface area contributed by atoms with E-state index in [0.29, 0.717) is 53.7 Å². The number of nitrogens with zero attached hydrogens (tertiary/aromatic N) is 5. The van der Waals surface area contributed by atoms with E-state index in [-0.39, 0.29) is 35.7 Å². The maximum Gasteiger partial charge on any atom is 0.263 e. The average molecular weight is 840 g/mol. The van der Waals surface area contributed by atoms with E-state index in [1.54, 1.807) is 24.3 Å². The minimum atomic E-state index is -1.01. The predicted octanol–water partition coefficient (Wildman–Crippen LogP) is 5.56. The van der Waals surface area contributed by atoms with Gasteiger partial charge in [-0.2, -0.15) is 5.26 Å². The first-order valence-corrected chi connectivity index (χ1v) is 22.4. The first-order valence-electron chi connectivity index (χ1n) is 21.4. The van der Waals surface area contributed by atoms with Crippen LogP contribution >= 0.6 is 11.8 Å². The number of imide groups is 2. The molecular formula is C47H49N7O6S. The van der Waals surface area contributed by atoms with Crippen molar-refractivity contribution in [1.29, 1.82) is 5.26 Å². The molecule has 61 heavy (non-hydrogen) atoms. The molecule has 9 rings (SSSR count). The molecule has 5 amide bonds. The highest BCUT2D eigenvalue weighted by atomic mass is 32.2. The molecule has 14 heteroatoms. The maximum absolute atomic E-state index is 14.1. The molecule has 4 aliphatic heterocycles.